The summed E-state index contributed by atoms with van der Waals surface area (Å²) in [7, 11) is 3.31. The first-order valence-electron chi connectivity index (χ1n) is 11.3. The molecule has 2 aromatic rings. The number of nitrogen functional groups attached to an aromatic ring is 1. The fraction of sp³-hybridized carbons (Fsp3) is 0.458. The van der Waals surface area contributed by atoms with Crippen LogP contribution in [0.5, 0.6) is 5.75 Å². The van der Waals surface area contributed by atoms with Crippen molar-refractivity contribution >= 4 is 17.3 Å². The molecule has 1 aromatic carbocycles. The Bertz CT molecular complexity index is 1110. The second kappa shape index (κ2) is 10.8. The zero-order chi connectivity index (χ0) is 25.8. The second-order valence-corrected chi connectivity index (χ2v) is 8.48. The predicted molar refractivity (Wildman–Crippen MR) is 126 cm³/mol. The predicted octanol–water partition coefficient (Wildman–Crippen LogP) is 3.82. The molecule has 0 saturated carbocycles. The summed E-state index contributed by atoms with van der Waals surface area (Å²) >= 11 is 0. The number of alkyl halides is 3. The molecule has 0 aliphatic carbocycles. The number of benzene rings is 1. The third-order valence-electron chi connectivity index (χ3n) is 6.26. The zero-order valence-corrected chi connectivity index (χ0v) is 19.9. The van der Waals surface area contributed by atoms with E-state index in [2.05, 4.69) is 10.4 Å². The van der Waals surface area contributed by atoms with Crippen molar-refractivity contribution in [3.8, 4) is 23.1 Å². The molecule has 1 fully saturated rings. The number of rotatable bonds is 7. The topological polar surface area (TPSA) is 108 Å². The number of anilines is 2. The number of nitriles is 1. The third-order valence-corrected chi connectivity index (χ3v) is 6.26. The molecule has 1 saturated heterocycles. The Balaban J connectivity index is 1.81. The van der Waals surface area contributed by atoms with Crippen molar-refractivity contribution in [2.45, 2.75) is 32.4 Å². The van der Waals surface area contributed by atoms with E-state index >= 15 is 0 Å². The van der Waals surface area contributed by atoms with Crippen LogP contribution < -0.4 is 20.9 Å². The van der Waals surface area contributed by atoms with Gasteiger partial charge in [0.05, 0.1) is 29.2 Å². The van der Waals surface area contributed by atoms with Gasteiger partial charge in [0.2, 0.25) is 5.91 Å². The summed E-state index contributed by atoms with van der Waals surface area (Å²) in [5.41, 5.74) is 8.76. The molecule has 0 unspecified atom stereocenters. The van der Waals surface area contributed by atoms with Crippen molar-refractivity contribution in [3.63, 3.8) is 0 Å². The average molecular weight is 491 g/mol. The van der Waals surface area contributed by atoms with Crippen LogP contribution in [0.1, 0.15) is 37.4 Å². The van der Waals surface area contributed by atoms with Crippen LogP contribution >= 0.6 is 0 Å². The van der Waals surface area contributed by atoms with Crippen molar-refractivity contribution in [1.29, 1.82) is 5.26 Å². The maximum Gasteiger partial charge on any atom is 0.419 e. The molecule has 35 heavy (non-hydrogen) atoms. The number of piperidine rings is 1. The van der Waals surface area contributed by atoms with Gasteiger partial charge in [0.1, 0.15) is 11.8 Å². The van der Waals surface area contributed by atoms with Crippen molar-refractivity contribution in [2.24, 2.45) is 5.92 Å². The lowest BCUT2D eigenvalue weighted by molar-refractivity contribution is -0.139. The van der Waals surface area contributed by atoms with E-state index in [9.17, 15) is 23.2 Å². The summed E-state index contributed by atoms with van der Waals surface area (Å²) in [6.45, 7) is 2.99. The molecule has 1 aromatic heterocycles. The van der Waals surface area contributed by atoms with E-state index in [0.29, 0.717) is 31.1 Å². The molecule has 188 valence electrons. The number of ether oxygens (including phenoxy) is 1. The number of halogens is 3. The molecule has 11 heteroatoms. The van der Waals surface area contributed by atoms with E-state index in [1.165, 1.54) is 25.1 Å². The highest BCUT2D eigenvalue weighted by Crippen LogP contribution is 2.40. The fourth-order valence-corrected chi connectivity index (χ4v) is 4.08. The number of nitrogens with one attached hydrogen (secondary N) is 1. The van der Waals surface area contributed by atoms with Crippen LogP contribution in [-0.4, -0.2) is 49.6 Å². The SMILES string of the molecule is CNN(C)c1cc(-c2ccc(OCCC3CCN(C(C)=O)CC3)c(C(F)(F)F)c2)nc(C#N)c1N. The Kier molecular flexibility index (Phi) is 8.07. The quantitative estimate of drug-likeness (QED) is 0.568. The van der Waals surface area contributed by atoms with Crippen LogP contribution in [0.4, 0.5) is 24.5 Å². The van der Waals surface area contributed by atoms with Gasteiger partial charge in [0, 0.05) is 39.7 Å². The van der Waals surface area contributed by atoms with Gasteiger partial charge in [-0.15, -0.1) is 0 Å². The molecule has 8 nitrogen and oxygen atoms in total. The summed E-state index contributed by atoms with van der Waals surface area (Å²) in [6.07, 6.45) is -2.42. The van der Waals surface area contributed by atoms with Crippen LogP contribution in [0.2, 0.25) is 0 Å². The van der Waals surface area contributed by atoms with E-state index in [1.54, 1.807) is 24.0 Å². The molecule has 0 radical (unpaired) electrons. The largest absolute Gasteiger partial charge is 0.493 e. The Morgan fingerprint density at radius 1 is 1.34 bits per heavy atom. The fourth-order valence-electron chi connectivity index (χ4n) is 4.08. The van der Waals surface area contributed by atoms with Crippen LogP contribution in [-0.2, 0) is 11.0 Å². The molecular formula is C24H29F3N6O2. The normalized spacial score (nSPS) is 14.5. The van der Waals surface area contributed by atoms with Crippen molar-refractivity contribution in [2.75, 3.05) is 44.5 Å². The minimum absolute atomic E-state index is 0.0387. The van der Waals surface area contributed by atoms with E-state index in [0.717, 1.165) is 18.9 Å². The lowest BCUT2D eigenvalue weighted by Gasteiger charge is -2.31. The molecule has 3 rings (SSSR count). The first-order valence-corrected chi connectivity index (χ1v) is 11.3. The Morgan fingerprint density at radius 2 is 2.03 bits per heavy atom. The number of hydrogen-bond acceptors (Lipinski definition) is 7. The van der Waals surface area contributed by atoms with E-state index < -0.39 is 11.7 Å². The number of nitrogens with zero attached hydrogens (tertiary/aromatic N) is 4. The summed E-state index contributed by atoms with van der Waals surface area (Å²) in [5.74, 6) is 0.0768. The Hall–Kier alpha value is -3.52. The molecule has 1 amide bonds. The highest BCUT2D eigenvalue weighted by Gasteiger charge is 2.35. The van der Waals surface area contributed by atoms with E-state index in [1.807, 2.05) is 6.07 Å². The molecule has 3 N–H and O–H groups in total. The third kappa shape index (κ3) is 6.14. The number of hydrogen-bond donors (Lipinski definition) is 2. The van der Waals surface area contributed by atoms with Gasteiger partial charge in [0.25, 0.3) is 0 Å². The number of aromatic nitrogens is 1. The summed E-state index contributed by atoms with van der Waals surface area (Å²) < 4.78 is 47.2. The molecule has 1 aliphatic heterocycles. The van der Waals surface area contributed by atoms with Crippen molar-refractivity contribution in [1.82, 2.24) is 15.3 Å². The van der Waals surface area contributed by atoms with Gasteiger partial charge >= 0.3 is 6.18 Å². The van der Waals surface area contributed by atoms with Gasteiger partial charge in [-0.2, -0.15) is 18.4 Å². The number of carbonyl (C=O) groups is 1. The molecule has 0 bridgehead atoms. The van der Waals surface area contributed by atoms with Gasteiger partial charge in [-0.3, -0.25) is 4.79 Å². The highest BCUT2D eigenvalue weighted by molar-refractivity contribution is 5.78. The maximum absolute atomic E-state index is 13.9. The van der Waals surface area contributed by atoms with Crippen LogP contribution in [0.25, 0.3) is 11.3 Å². The molecule has 0 atom stereocenters. The number of likely N-dealkylation sites (tertiary alicyclic amines) is 1. The van der Waals surface area contributed by atoms with E-state index in [4.69, 9.17) is 10.5 Å². The summed E-state index contributed by atoms with van der Waals surface area (Å²) in [6, 6.07) is 7.15. The van der Waals surface area contributed by atoms with Crippen molar-refractivity contribution < 1.29 is 22.7 Å². The number of hydrazine groups is 1. The van der Waals surface area contributed by atoms with Gasteiger partial charge in [-0.1, -0.05) is 0 Å². The average Bonchev–Trinajstić information content (AvgIpc) is 2.83. The lowest BCUT2D eigenvalue weighted by atomic mass is 9.94. The highest BCUT2D eigenvalue weighted by atomic mass is 19.4. The molecular weight excluding hydrogens is 461 g/mol. The minimum Gasteiger partial charge on any atom is -0.493 e. The summed E-state index contributed by atoms with van der Waals surface area (Å²) in [4.78, 5) is 17.4. The number of nitrogens with two attached hydrogens (primary N) is 1. The van der Waals surface area contributed by atoms with Gasteiger partial charge < -0.3 is 20.4 Å². The number of carbonyl (C=O) groups excluding carboxylic acids is 1. The maximum atomic E-state index is 13.9. The lowest BCUT2D eigenvalue weighted by Crippen LogP contribution is -2.37. The van der Waals surface area contributed by atoms with Crippen LogP contribution in [0, 0.1) is 17.2 Å². The van der Waals surface area contributed by atoms with Gasteiger partial charge in [-0.05, 0) is 49.4 Å². The molecule has 2 heterocycles. The Morgan fingerprint density at radius 3 is 2.60 bits per heavy atom. The van der Waals surface area contributed by atoms with Crippen molar-refractivity contribution in [3.05, 3.63) is 35.5 Å². The van der Waals surface area contributed by atoms with Crippen LogP contribution in [0.3, 0.4) is 0 Å². The first-order chi connectivity index (χ1) is 16.5. The first kappa shape index (κ1) is 26.1. The van der Waals surface area contributed by atoms with Gasteiger partial charge in [0.15, 0.2) is 5.69 Å². The smallest absolute Gasteiger partial charge is 0.419 e. The monoisotopic (exact) mass is 490 g/mol. The number of pyridine rings is 1. The molecule has 1 aliphatic rings. The number of amides is 1. The zero-order valence-electron chi connectivity index (χ0n) is 19.9. The van der Waals surface area contributed by atoms with Crippen LogP contribution in [0.15, 0.2) is 24.3 Å². The second-order valence-electron chi connectivity index (χ2n) is 8.48. The standard InChI is InChI=1S/C24H29F3N6O2/c1-15(34)33-9-6-16(7-10-33)8-11-35-22-5-4-17(12-18(22)24(25,26)27)19-13-21(32(3)30-2)23(29)20(14-28)31-19/h4-5,12-13,16,30H,6-11,29H2,1-3H3. The van der Waals surface area contributed by atoms with Gasteiger partial charge in [-0.25, -0.2) is 10.4 Å². The summed E-state index contributed by atoms with van der Waals surface area (Å²) in [5, 5.41) is 10.9. The Labute approximate surface area is 202 Å². The minimum atomic E-state index is -4.64. The van der Waals surface area contributed by atoms with E-state index in [-0.39, 0.29) is 40.9 Å². The molecule has 0 spiro atoms.